The van der Waals surface area contributed by atoms with Crippen molar-refractivity contribution in [2.24, 2.45) is 5.92 Å². The zero-order valence-electron chi connectivity index (χ0n) is 8.80. The maximum Gasteiger partial charge on any atom is 0.223 e. The van der Waals surface area contributed by atoms with Crippen molar-refractivity contribution in [2.75, 3.05) is 6.54 Å². The smallest absolute Gasteiger partial charge is 0.223 e. The van der Waals surface area contributed by atoms with Gasteiger partial charge in [-0.3, -0.25) is 4.79 Å². The first kappa shape index (κ1) is 8.75. The molecule has 3 fully saturated rings. The summed E-state index contributed by atoms with van der Waals surface area (Å²) in [5, 5.41) is 0. The van der Waals surface area contributed by atoms with Crippen molar-refractivity contribution in [3.63, 3.8) is 0 Å². The van der Waals surface area contributed by atoms with Gasteiger partial charge in [-0.1, -0.05) is 12.8 Å². The van der Waals surface area contributed by atoms with E-state index in [1.54, 1.807) is 0 Å². The molecule has 3 aliphatic rings. The zero-order chi connectivity index (χ0) is 9.60. The Morgan fingerprint density at radius 1 is 1.14 bits per heavy atom. The Hall–Kier alpha value is -0.530. The number of hydrogen-bond acceptors (Lipinski definition) is 1. The summed E-state index contributed by atoms with van der Waals surface area (Å²) in [5.74, 6) is 1.29. The molecule has 1 saturated carbocycles. The van der Waals surface area contributed by atoms with Crippen molar-refractivity contribution in [3.05, 3.63) is 0 Å². The Balaban J connectivity index is 1.94. The highest BCUT2D eigenvalue weighted by Gasteiger charge is 2.52. The van der Waals surface area contributed by atoms with E-state index in [0.717, 1.165) is 25.3 Å². The second-order valence-corrected chi connectivity index (χ2v) is 5.23. The standard InChI is InChI=1S/C12H19NO/c14-11-6-8-12-7-2-1-4-10(12)5-3-9-13(11)12/h10H,1-9H2/t10-,12+/m0/s1. The quantitative estimate of drug-likeness (QED) is 0.578. The van der Waals surface area contributed by atoms with Crippen LogP contribution in [0.3, 0.4) is 0 Å². The largest absolute Gasteiger partial charge is 0.337 e. The molecule has 1 aliphatic carbocycles. The van der Waals surface area contributed by atoms with Crippen molar-refractivity contribution in [1.29, 1.82) is 0 Å². The van der Waals surface area contributed by atoms with Crippen LogP contribution >= 0.6 is 0 Å². The number of rotatable bonds is 0. The lowest BCUT2D eigenvalue weighted by atomic mass is 9.67. The minimum absolute atomic E-state index is 0.341. The molecule has 2 heteroatoms. The molecular weight excluding hydrogens is 174 g/mol. The van der Waals surface area contributed by atoms with Crippen LogP contribution in [0.2, 0.25) is 0 Å². The van der Waals surface area contributed by atoms with Crippen LogP contribution in [0.4, 0.5) is 0 Å². The van der Waals surface area contributed by atoms with Crippen LogP contribution in [0.1, 0.15) is 51.4 Å². The highest BCUT2D eigenvalue weighted by Crippen LogP contribution is 2.50. The van der Waals surface area contributed by atoms with Crippen LogP contribution in [-0.4, -0.2) is 22.9 Å². The Morgan fingerprint density at radius 3 is 2.93 bits per heavy atom. The van der Waals surface area contributed by atoms with Gasteiger partial charge in [-0.15, -0.1) is 0 Å². The molecule has 2 atom stereocenters. The Bertz CT molecular complexity index is 261. The normalized spacial score (nSPS) is 42.1. The molecule has 2 saturated heterocycles. The van der Waals surface area contributed by atoms with E-state index in [2.05, 4.69) is 4.90 Å². The fourth-order valence-corrected chi connectivity index (χ4v) is 4.08. The third kappa shape index (κ3) is 0.999. The number of carbonyl (C=O) groups excluding carboxylic acids is 1. The van der Waals surface area contributed by atoms with Gasteiger partial charge < -0.3 is 4.90 Å². The maximum atomic E-state index is 11.8. The third-order valence-corrected chi connectivity index (χ3v) is 4.72. The summed E-state index contributed by atoms with van der Waals surface area (Å²) < 4.78 is 0. The highest BCUT2D eigenvalue weighted by atomic mass is 16.2. The lowest BCUT2D eigenvalue weighted by molar-refractivity contribution is -0.136. The molecule has 0 aromatic heterocycles. The number of carbonyl (C=O) groups is 1. The van der Waals surface area contributed by atoms with Gasteiger partial charge >= 0.3 is 0 Å². The minimum atomic E-state index is 0.341. The molecule has 0 aromatic rings. The SMILES string of the molecule is O=C1CC[C@]23CCCC[C@H]2CCCN13. The minimum Gasteiger partial charge on any atom is -0.337 e. The average Bonchev–Trinajstić information content (AvgIpc) is 2.55. The van der Waals surface area contributed by atoms with Crippen molar-refractivity contribution < 1.29 is 4.79 Å². The first-order chi connectivity index (χ1) is 6.83. The van der Waals surface area contributed by atoms with Gasteiger partial charge in [0.25, 0.3) is 0 Å². The van der Waals surface area contributed by atoms with Gasteiger partial charge in [0.2, 0.25) is 5.91 Å². The van der Waals surface area contributed by atoms with E-state index in [4.69, 9.17) is 0 Å². The van der Waals surface area contributed by atoms with Crippen LogP contribution < -0.4 is 0 Å². The van der Waals surface area contributed by atoms with Gasteiger partial charge in [0.15, 0.2) is 0 Å². The second-order valence-electron chi connectivity index (χ2n) is 5.23. The molecule has 14 heavy (non-hydrogen) atoms. The molecule has 78 valence electrons. The van der Waals surface area contributed by atoms with E-state index in [-0.39, 0.29) is 0 Å². The predicted molar refractivity (Wildman–Crippen MR) is 54.9 cm³/mol. The van der Waals surface area contributed by atoms with Crippen LogP contribution in [0, 0.1) is 5.92 Å². The van der Waals surface area contributed by atoms with Gasteiger partial charge in [-0.25, -0.2) is 0 Å². The molecule has 3 rings (SSSR count). The molecule has 1 amide bonds. The number of nitrogens with zero attached hydrogens (tertiary/aromatic N) is 1. The fourth-order valence-electron chi connectivity index (χ4n) is 4.08. The van der Waals surface area contributed by atoms with Crippen LogP contribution in [0.5, 0.6) is 0 Å². The average molecular weight is 193 g/mol. The Kier molecular flexibility index (Phi) is 1.86. The van der Waals surface area contributed by atoms with Gasteiger partial charge in [0.1, 0.15) is 0 Å². The van der Waals surface area contributed by atoms with E-state index in [1.165, 1.54) is 38.5 Å². The van der Waals surface area contributed by atoms with Crippen LogP contribution in [0.15, 0.2) is 0 Å². The van der Waals surface area contributed by atoms with Crippen molar-refractivity contribution in [1.82, 2.24) is 4.90 Å². The van der Waals surface area contributed by atoms with Crippen molar-refractivity contribution in [2.45, 2.75) is 56.9 Å². The van der Waals surface area contributed by atoms with E-state index in [1.807, 2.05) is 0 Å². The number of piperidine rings is 1. The van der Waals surface area contributed by atoms with Gasteiger partial charge in [0, 0.05) is 18.5 Å². The van der Waals surface area contributed by atoms with Gasteiger partial charge in [-0.05, 0) is 38.0 Å². The summed E-state index contributed by atoms with van der Waals surface area (Å²) in [7, 11) is 0. The molecular formula is C12H19NO. The first-order valence-electron chi connectivity index (χ1n) is 6.13. The van der Waals surface area contributed by atoms with E-state index in [0.29, 0.717) is 11.4 Å². The predicted octanol–water partition coefficient (Wildman–Crippen LogP) is 2.33. The Labute approximate surface area is 85.7 Å². The van der Waals surface area contributed by atoms with E-state index >= 15 is 0 Å². The summed E-state index contributed by atoms with van der Waals surface area (Å²) in [6, 6.07) is 0. The van der Waals surface area contributed by atoms with Gasteiger partial charge in [-0.2, -0.15) is 0 Å². The van der Waals surface area contributed by atoms with Crippen molar-refractivity contribution in [3.8, 4) is 0 Å². The summed E-state index contributed by atoms with van der Waals surface area (Å²) in [6.07, 6.45) is 10.0. The molecule has 0 unspecified atom stereocenters. The lowest BCUT2D eigenvalue weighted by Crippen LogP contribution is -2.55. The molecule has 2 heterocycles. The third-order valence-electron chi connectivity index (χ3n) is 4.72. The molecule has 1 spiro atoms. The molecule has 2 nitrogen and oxygen atoms in total. The molecule has 0 N–H and O–H groups in total. The second kappa shape index (κ2) is 2.98. The molecule has 0 aromatic carbocycles. The first-order valence-corrected chi connectivity index (χ1v) is 6.13. The van der Waals surface area contributed by atoms with Crippen LogP contribution in [-0.2, 0) is 4.79 Å². The lowest BCUT2D eigenvalue weighted by Gasteiger charge is -2.51. The highest BCUT2D eigenvalue weighted by molar-refractivity contribution is 5.80. The summed E-state index contributed by atoms with van der Waals surface area (Å²) in [5.41, 5.74) is 0.341. The topological polar surface area (TPSA) is 20.3 Å². The van der Waals surface area contributed by atoms with Crippen molar-refractivity contribution >= 4 is 5.91 Å². The monoisotopic (exact) mass is 193 g/mol. The van der Waals surface area contributed by atoms with Crippen LogP contribution in [0.25, 0.3) is 0 Å². The van der Waals surface area contributed by atoms with E-state index in [9.17, 15) is 4.79 Å². The molecule has 0 bridgehead atoms. The molecule has 2 aliphatic heterocycles. The summed E-state index contributed by atoms with van der Waals surface area (Å²) in [4.78, 5) is 14.0. The Morgan fingerprint density at radius 2 is 2.00 bits per heavy atom. The van der Waals surface area contributed by atoms with Gasteiger partial charge in [0.05, 0.1) is 0 Å². The fraction of sp³-hybridized carbons (Fsp3) is 0.917. The zero-order valence-corrected chi connectivity index (χ0v) is 8.80. The van der Waals surface area contributed by atoms with E-state index < -0.39 is 0 Å². The number of hydrogen-bond donors (Lipinski definition) is 0. The number of amides is 1. The summed E-state index contributed by atoms with van der Waals surface area (Å²) >= 11 is 0. The molecule has 0 radical (unpaired) electrons. The maximum absolute atomic E-state index is 11.8. The summed E-state index contributed by atoms with van der Waals surface area (Å²) in [6.45, 7) is 1.05.